The normalized spacial score (nSPS) is 25.6. The first-order valence-electron chi connectivity index (χ1n) is 12.4. The van der Waals surface area contributed by atoms with Crippen LogP contribution in [-0.4, -0.2) is 24.0 Å². The SMILES string of the molecule is Cc1ccc2c(c1)Oc1cccc(C)c1C2NC(=O)C1CC(C2=CCCCC2)C(C(F)(F)F)NC1=O. The molecule has 5 rings (SSSR count). The number of piperidine rings is 1. The largest absolute Gasteiger partial charge is 0.457 e. The summed E-state index contributed by atoms with van der Waals surface area (Å²) in [4.78, 5) is 26.4. The summed E-state index contributed by atoms with van der Waals surface area (Å²) < 4.78 is 47.7. The van der Waals surface area contributed by atoms with E-state index in [4.69, 9.17) is 4.74 Å². The molecule has 4 atom stereocenters. The summed E-state index contributed by atoms with van der Waals surface area (Å²) in [5.41, 5.74) is 4.10. The van der Waals surface area contributed by atoms with Crippen molar-refractivity contribution in [2.24, 2.45) is 11.8 Å². The number of hydrogen-bond donors (Lipinski definition) is 2. The summed E-state index contributed by atoms with van der Waals surface area (Å²) >= 11 is 0. The monoisotopic (exact) mass is 498 g/mol. The third-order valence-corrected chi connectivity index (χ3v) is 7.54. The lowest BCUT2D eigenvalue weighted by atomic mass is 9.75. The van der Waals surface area contributed by atoms with Crippen molar-refractivity contribution in [3.63, 3.8) is 0 Å². The van der Waals surface area contributed by atoms with Gasteiger partial charge in [-0.15, -0.1) is 0 Å². The molecule has 36 heavy (non-hydrogen) atoms. The van der Waals surface area contributed by atoms with Gasteiger partial charge in [0.15, 0.2) is 0 Å². The van der Waals surface area contributed by atoms with E-state index in [-0.39, 0.29) is 6.42 Å². The fraction of sp³-hybridized carbons (Fsp3) is 0.429. The van der Waals surface area contributed by atoms with E-state index in [2.05, 4.69) is 10.6 Å². The molecule has 2 aliphatic heterocycles. The number of aryl methyl sites for hydroxylation is 2. The van der Waals surface area contributed by atoms with Gasteiger partial charge in [-0.25, -0.2) is 0 Å². The molecule has 8 heteroatoms. The Kier molecular flexibility index (Phi) is 6.30. The van der Waals surface area contributed by atoms with Gasteiger partial charge >= 0.3 is 6.18 Å². The van der Waals surface area contributed by atoms with Gasteiger partial charge in [0.1, 0.15) is 23.5 Å². The number of amides is 2. The van der Waals surface area contributed by atoms with Crippen molar-refractivity contribution in [2.45, 2.75) is 64.2 Å². The second kappa shape index (κ2) is 9.30. The number of hydrogen-bond acceptors (Lipinski definition) is 3. The van der Waals surface area contributed by atoms with E-state index in [0.29, 0.717) is 23.5 Å². The molecule has 1 fully saturated rings. The third-order valence-electron chi connectivity index (χ3n) is 7.54. The van der Waals surface area contributed by atoms with Crippen LogP contribution in [0.15, 0.2) is 48.0 Å². The molecule has 5 nitrogen and oxygen atoms in total. The number of nitrogens with one attached hydrogen (secondary N) is 2. The molecule has 0 aromatic heterocycles. The van der Waals surface area contributed by atoms with Crippen molar-refractivity contribution in [1.82, 2.24) is 10.6 Å². The van der Waals surface area contributed by atoms with Crippen LogP contribution in [0.1, 0.15) is 60.4 Å². The first kappa shape index (κ1) is 24.4. The molecule has 2 N–H and O–H groups in total. The first-order valence-corrected chi connectivity index (χ1v) is 12.4. The Balaban J connectivity index is 1.46. The van der Waals surface area contributed by atoms with Crippen LogP contribution in [0.25, 0.3) is 0 Å². The van der Waals surface area contributed by atoms with Crippen LogP contribution in [-0.2, 0) is 9.59 Å². The maximum Gasteiger partial charge on any atom is 0.409 e. The van der Waals surface area contributed by atoms with Crippen molar-refractivity contribution in [3.05, 3.63) is 70.3 Å². The molecule has 0 saturated carbocycles. The lowest BCUT2D eigenvalue weighted by Crippen LogP contribution is -2.59. The smallest absolute Gasteiger partial charge is 0.409 e. The minimum atomic E-state index is -4.59. The quantitative estimate of drug-likeness (QED) is 0.415. The molecule has 1 saturated heterocycles. The van der Waals surface area contributed by atoms with Gasteiger partial charge in [0, 0.05) is 17.0 Å². The van der Waals surface area contributed by atoms with E-state index in [1.165, 1.54) is 0 Å². The Bertz CT molecular complexity index is 1240. The summed E-state index contributed by atoms with van der Waals surface area (Å²) in [6.07, 6.45) is 0.120. The van der Waals surface area contributed by atoms with Crippen LogP contribution in [0, 0.1) is 25.7 Å². The lowest BCUT2D eigenvalue weighted by Gasteiger charge is -2.39. The summed E-state index contributed by atoms with van der Waals surface area (Å²) in [5.74, 6) is -2.42. The van der Waals surface area contributed by atoms with E-state index in [0.717, 1.165) is 41.5 Å². The second-order valence-electron chi connectivity index (χ2n) is 10.0. The van der Waals surface area contributed by atoms with Crippen molar-refractivity contribution in [2.75, 3.05) is 0 Å². The number of ether oxygens (including phenoxy) is 1. The van der Waals surface area contributed by atoms with Crippen LogP contribution in [0.4, 0.5) is 13.2 Å². The minimum absolute atomic E-state index is 0.168. The summed E-state index contributed by atoms with van der Waals surface area (Å²) in [5, 5.41) is 5.13. The van der Waals surface area contributed by atoms with Gasteiger partial charge in [-0.3, -0.25) is 9.59 Å². The number of rotatable bonds is 3. The lowest BCUT2D eigenvalue weighted by molar-refractivity contribution is -0.179. The van der Waals surface area contributed by atoms with E-state index in [9.17, 15) is 22.8 Å². The zero-order valence-electron chi connectivity index (χ0n) is 20.2. The number of alkyl halides is 3. The molecule has 2 heterocycles. The van der Waals surface area contributed by atoms with Crippen LogP contribution in [0.2, 0.25) is 0 Å². The molecule has 190 valence electrons. The highest BCUT2D eigenvalue weighted by molar-refractivity contribution is 6.01. The minimum Gasteiger partial charge on any atom is -0.457 e. The highest BCUT2D eigenvalue weighted by Gasteiger charge is 2.52. The number of carbonyl (C=O) groups is 2. The summed E-state index contributed by atoms with van der Waals surface area (Å²) in [7, 11) is 0. The van der Waals surface area contributed by atoms with E-state index < -0.39 is 41.9 Å². The number of benzene rings is 2. The molecule has 3 aliphatic rings. The highest BCUT2D eigenvalue weighted by atomic mass is 19.4. The molecule has 0 spiro atoms. The molecular formula is C28H29F3N2O3. The third kappa shape index (κ3) is 4.49. The first-order chi connectivity index (χ1) is 17.1. The highest BCUT2D eigenvalue weighted by Crippen LogP contribution is 2.45. The fourth-order valence-corrected chi connectivity index (χ4v) is 5.70. The van der Waals surface area contributed by atoms with E-state index in [1.54, 1.807) is 0 Å². The van der Waals surface area contributed by atoms with Crippen LogP contribution in [0.5, 0.6) is 11.5 Å². The Labute approximate surface area is 208 Å². The molecule has 2 amide bonds. The number of carbonyl (C=O) groups excluding carboxylic acids is 2. The Morgan fingerprint density at radius 1 is 1.11 bits per heavy atom. The summed E-state index contributed by atoms with van der Waals surface area (Å²) in [6, 6.07) is 8.70. The Hall–Kier alpha value is -3.29. The van der Waals surface area contributed by atoms with Gasteiger partial charge in [-0.2, -0.15) is 13.2 Å². The Morgan fingerprint density at radius 2 is 1.92 bits per heavy atom. The predicted octanol–water partition coefficient (Wildman–Crippen LogP) is 5.80. The molecule has 0 radical (unpaired) electrons. The molecule has 2 aromatic carbocycles. The number of halogens is 3. The van der Waals surface area contributed by atoms with Gasteiger partial charge in [0.2, 0.25) is 11.8 Å². The molecule has 1 aliphatic carbocycles. The van der Waals surface area contributed by atoms with Crippen molar-refractivity contribution in [3.8, 4) is 11.5 Å². The number of allylic oxidation sites excluding steroid dienone is 1. The standard InChI is InChI=1S/C28H29F3N2O3/c1-15-11-12-18-22(13-15)36-21-10-6-7-16(2)23(21)24(18)32-26(34)20-14-19(17-8-4-3-5-9-17)25(28(29,30)31)33-27(20)35/h6-8,10-13,19-20,24-25H,3-5,9,14H2,1-2H3,(H,32,34)(H,33,35). The van der Waals surface area contributed by atoms with Crippen LogP contribution in [0.3, 0.4) is 0 Å². The van der Waals surface area contributed by atoms with Gasteiger partial charge in [-0.1, -0.05) is 35.9 Å². The number of fused-ring (bicyclic) bond motifs is 2. The average Bonchev–Trinajstić information content (AvgIpc) is 2.83. The molecule has 2 aromatic rings. The molecule has 0 bridgehead atoms. The topological polar surface area (TPSA) is 67.4 Å². The van der Waals surface area contributed by atoms with Crippen LogP contribution < -0.4 is 15.4 Å². The predicted molar refractivity (Wildman–Crippen MR) is 129 cm³/mol. The maximum atomic E-state index is 13.9. The molecular weight excluding hydrogens is 469 g/mol. The van der Waals surface area contributed by atoms with Gasteiger partial charge < -0.3 is 15.4 Å². The zero-order valence-corrected chi connectivity index (χ0v) is 20.2. The van der Waals surface area contributed by atoms with E-state index >= 15 is 0 Å². The van der Waals surface area contributed by atoms with Gasteiger partial charge in [0.05, 0.1) is 6.04 Å². The van der Waals surface area contributed by atoms with Gasteiger partial charge in [-0.05, 0) is 69.2 Å². The van der Waals surface area contributed by atoms with Crippen molar-refractivity contribution < 1.29 is 27.5 Å². The van der Waals surface area contributed by atoms with Gasteiger partial charge in [0.25, 0.3) is 0 Å². The van der Waals surface area contributed by atoms with Crippen molar-refractivity contribution in [1.29, 1.82) is 0 Å². The maximum absolute atomic E-state index is 13.9. The van der Waals surface area contributed by atoms with Crippen molar-refractivity contribution >= 4 is 11.8 Å². The Morgan fingerprint density at radius 3 is 2.64 bits per heavy atom. The van der Waals surface area contributed by atoms with E-state index in [1.807, 2.05) is 56.3 Å². The fourth-order valence-electron chi connectivity index (χ4n) is 5.70. The molecule has 4 unspecified atom stereocenters. The zero-order chi connectivity index (χ0) is 25.6. The summed E-state index contributed by atoms with van der Waals surface area (Å²) in [6.45, 7) is 3.85. The van der Waals surface area contributed by atoms with Crippen LogP contribution >= 0.6 is 0 Å². The average molecular weight is 499 g/mol. The second-order valence-corrected chi connectivity index (χ2v) is 10.0.